The molecule has 1 heteroatoms. The monoisotopic (exact) mass is 111 g/mol. The van der Waals surface area contributed by atoms with Crippen LogP contribution in [0.2, 0.25) is 0 Å². The third-order valence-electron chi connectivity index (χ3n) is 0.167. The minimum Gasteiger partial charge on any atom is -0.403 e. The number of allylic oxidation sites excluding steroid dienone is 3. The van der Waals surface area contributed by atoms with Gasteiger partial charge in [0, 0.05) is 0 Å². The van der Waals surface area contributed by atoms with Gasteiger partial charge in [-0.25, -0.2) is 0 Å². The molecule has 0 rings (SSSR count). The summed E-state index contributed by atoms with van der Waals surface area (Å²) in [5, 5.41) is 0. The van der Waals surface area contributed by atoms with Crippen molar-refractivity contribution in [1.82, 2.24) is 0 Å². The third-order valence-corrected chi connectivity index (χ3v) is 0.167. The van der Waals surface area contributed by atoms with E-state index in [4.69, 9.17) is 5.73 Å². The molecular weight excluding hydrogens is 98.1 g/mol. The Morgan fingerprint density at radius 1 is 1.38 bits per heavy atom. The lowest BCUT2D eigenvalue weighted by Gasteiger charge is -1.69. The van der Waals surface area contributed by atoms with Crippen molar-refractivity contribution in [1.29, 1.82) is 0 Å². The normalized spacial score (nSPS) is 5.62. The summed E-state index contributed by atoms with van der Waals surface area (Å²) in [6.07, 6.45) is 3.28. The van der Waals surface area contributed by atoms with Crippen LogP contribution < -0.4 is 5.73 Å². The van der Waals surface area contributed by atoms with Gasteiger partial charge >= 0.3 is 0 Å². The summed E-state index contributed by atoms with van der Waals surface area (Å²) in [6, 6.07) is 0. The minimum atomic E-state index is 0.667. The highest BCUT2D eigenvalue weighted by Crippen LogP contribution is 1.58. The highest BCUT2D eigenvalue weighted by atomic mass is 14.5. The highest BCUT2D eigenvalue weighted by molar-refractivity contribution is 4.88. The second kappa shape index (κ2) is 9.39. The standard InChI is InChI=1S/C4H6.C3H7N/c1-3-4-2;1-3(2)4/h3-4H,1-2H2;1,4H2,2H3. The largest absolute Gasteiger partial charge is 0.403 e. The summed E-state index contributed by atoms with van der Waals surface area (Å²) in [4.78, 5) is 0. The van der Waals surface area contributed by atoms with Crippen LogP contribution >= 0.6 is 0 Å². The number of hydrogen-bond acceptors (Lipinski definition) is 1. The van der Waals surface area contributed by atoms with Crippen molar-refractivity contribution in [3.05, 3.63) is 37.6 Å². The molecule has 8 heavy (non-hydrogen) atoms. The van der Waals surface area contributed by atoms with Crippen molar-refractivity contribution in [3.63, 3.8) is 0 Å². The lowest BCUT2D eigenvalue weighted by atomic mass is 10.6. The van der Waals surface area contributed by atoms with E-state index in [1.54, 1.807) is 19.1 Å². The van der Waals surface area contributed by atoms with Crippen LogP contribution in [-0.2, 0) is 0 Å². The maximum atomic E-state index is 4.92. The van der Waals surface area contributed by atoms with E-state index in [1.807, 2.05) is 0 Å². The molecule has 0 atom stereocenters. The van der Waals surface area contributed by atoms with Gasteiger partial charge in [-0.2, -0.15) is 0 Å². The number of hydrogen-bond donors (Lipinski definition) is 1. The van der Waals surface area contributed by atoms with Gasteiger partial charge in [-0.3, -0.25) is 0 Å². The van der Waals surface area contributed by atoms with E-state index in [9.17, 15) is 0 Å². The van der Waals surface area contributed by atoms with Gasteiger partial charge in [-0.15, -0.1) is 0 Å². The Labute approximate surface area is 51.2 Å². The fraction of sp³-hybridized carbons (Fsp3) is 0.143. The molecular formula is C7H13N. The van der Waals surface area contributed by atoms with E-state index in [0.717, 1.165) is 0 Å². The van der Waals surface area contributed by atoms with Gasteiger partial charge in [0.05, 0.1) is 0 Å². The second-order valence-electron chi connectivity index (χ2n) is 1.32. The van der Waals surface area contributed by atoms with Gasteiger partial charge in [0.1, 0.15) is 0 Å². The van der Waals surface area contributed by atoms with Gasteiger partial charge in [-0.1, -0.05) is 31.9 Å². The molecule has 0 bridgehead atoms. The molecule has 0 heterocycles. The van der Waals surface area contributed by atoms with Crippen molar-refractivity contribution >= 4 is 0 Å². The molecule has 0 aliphatic carbocycles. The first-order valence-corrected chi connectivity index (χ1v) is 2.29. The molecule has 0 amide bonds. The molecule has 0 aliphatic heterocycles. The first kappa shape index (κ1) is 10.1. The minimum absolute atomic E-state index is 0.667. The lowest BCUT2D eigenvalue weighted by Crippen LogP contribution is -1.83. The Morgan fingerprint density at radius 2 is 1.50 bits per heavy atom. The Balaban J connectivity index is 0. The third kappa shape index (κ3) is 203000. The van der Waals surface area contributed by atoms with Crippen LogP contribution in [0.5, 0.6) is 0 Å². The molecule has 0 spiro atoms. The predicted octanol–water partition coefficient (Wildman–Crippen LogP) is 1.84. The zero-order valence-electron chi connectivity index (χ0n) is 5.35. The van der Waals surface area contributed by atoms with Crippen LogP contribution in [0.15, 0.2) is 37.6 Å². The van der Waals surface area contributed by atoms with E-state index >= 15 is 0 Å². The first-order valence-electron chi connectivity index (χ1n) is 2.29. The van der Waals surface area contributed by atoms with Gasteiger partial charge < -0.3 is 5.73 Å². The zero-order valence-corrected chi connectivity index (χ0v) is 5.35. The fourth-order valence-electron chi connectivity index (χ4n) is 0. The van der Waals surface area contributed by atoms with E-state index in [-0.39, 0.29) is 0 Å². The van der Waals surface area contributed by atoms with Crippen molar-refractivity contribution in [2.45, 2.75) is 6.92 Å². The second-order valence-corrected chi connectivity index (χ2v) is 1.32. The zero-order chi connectivity index (χ0) is 6.99. The topological polar surface area (TPSA) is 26.0 Å². The Morgan fingerprint density at radius 3 is 1.50 bits per heavy atom. The molecule has 1 nitrogen and oxygen atoms in total. The van der Waals surface area contributed by atoms with E-state index in [1.165, 1.54) is 0 Å². The van der Waals surface area contributed by atoms with Crippen molar-refractivity contribution in [2.75, 3.05) is 0 Å². The van der Waals surface area contributed by atoms with Gasteiger partial charge in [0.2, 0.25) is 0 Å². The quantitative estimate of drug-likeness (QED) is 0.513. The average Bonchev–Trinajstić information content (AvgIpc) is 1.65. The van der Waals surface area contributed by atoms with Crippen molar-refractivity contribution < 1.29 is 0 Å². The molecule has 0 saturated carbocycles. The molecule has 0 aromatic carbocycles. The lowest BCUT2D eigenvalue weighted by molar-refractivity contribution is 1.34. The van der Waals surface area contributed by atoms with Gasteiger partial charge in [0.15, 0.2) is 0 Å². The SMILES string of the molecule is C=C(C)N.C=CC=C. The van der Waals surface area contributed by atoms with E-state index in [0.29, 0.717) is 5.70 Å². The van der Waals surface area contributed by atoms with E-state index < -0.39 is 0 Å². The molecule has 0 fully saturated rings. The van der Waals surface area contributed by atoms with Gasteiger partial charge in [-0.05, 0) is 12.6 Å². The van der Waals surface area contributed by atoms with Crippen LogP contribution in [0, 0.1) is 0 Å². The molecule has 0 aromatic rings. The van der Waals surface area contributed by atoms with Crippen molar-refractivity contribution in [3.8, 4) is 0 Å². The molecule has 2 N–H and O–H groups in total. The Bertz CT molecular complexity index is 72.4. The summed E-state index contributed by atoms with van der Waals surface area (Å²) < 4.78 is 0. The summed E-state index contributed by atoms with van der Waals surface area (Å²) in [5.74, 6) is 0. The number of nitrogens with two attached hydrogens (primary N) is 1. The summed E-state index contributed by atoms with van der Waals surface area (Å²) >= 11 is 0. The van der Waals surface area contributed by atoms with E-state index in [2.05, 4.69) is 19.7 Å². The first-order chi connectivity index (χ1) is 3.65. The van der Waals surface area contributed by atoms with Crippen LogP contribution in [0.1, 0.15) is 6.92 Å². The van der Waals surface area contributed by atoms with Crippen LogP contribution in [0.4, 0.5) is 0 Å². The molecule has 0 unspecified atom stereocenters. The molecule has 0 radical (unpaired) electrons. The molecule has 46 valence electrons. The summed E-state index contributed by atoms with van der Waals surface area (Å²) in [7, 11) is 0. The van der Waals surface area contributed by atoms with Gasteiger partial charge in [0.25, 0.3) is 0 Å². The Kier molecular flexibility index (Phi) is 11.8. The molecule has 0 aromatic heterocycles. The van der Waals surface area contributed by atoms with Crippen LogP contribution in [-0.4, -0.2) is 0 Å². The van der Waals surface area contributed by atoms with Crippen LogP contribution in [0.3, 0.4) is 0 Å². The average molecular weight is 111 g/mol. The number of rotatable bonds is 1. The summed E-state index contributed by atoms with van der Waals surface area (Å²) in [6.45, 7) is 11.8. The fourth-order valence-corrected chi connectivity index (χ4v) is 0. The summed E-state index contributed by atoms with van der Waals surface area (Å²) in [5.41, 5.74) is 5.58. The maximum absolute atomic E-state index is 4.92. The molecule has 0 saturated heterocycles. The highest BCUT2D eigenvalue weighted by Gasteiger charge is 1.50. The van der Waals surface area contributed by atoms with Crippen molar-refractivity contribution in [2.24, 2.45) is 5.73 Å². The Hall–Kier alpha value is -0.980. The predicted molar refractivity (Wildman–Crippen MR) is 39.4 cm³/mol. The van der Waals surface area contributed by atoms with Crippen LogP contribution in [0.25, 0.3) is 0 Å². The smallest absolute Gasteiger partial charge is 0.00242 e. The maximum Gasteiger partial charge on any atom is -0.00242 e. The molecule has 0 aliphatic rings.